The lowest BCUT2D eigenvalue weighted by molar-refractivity contribution is 0.275. The van der Waals surface area contributed by atoms with Gasteiger partial charge in [-0.25, -0.2) is 0 Å². The summed E-state index contributed by atoms with van der Waals surface area (Å²) in [5, 5.41) is 15.1. The molecule has 1 saturated carbocycles. The number of aliphatic imine (C=N–C) groups is 1. The van der Waals surface area contributed by atoms with E-state index in [1.165, 1.54) is 45.2 Å². The highest BCUT2D eigenvalue weighted by molar-refractivity contribution is 5.80. The van der Waals surface area contributed by atoms with Crippen molar-refractivity contribution in [1.29, 1.82) is 0 Å². The van der Waals surface area contributed by atoms with Crippen LogP contribution in [0.15, 0.2) is 11.3 Å². The van der Waals surface area contributed by atoms with E-state index in [0.29, 0.717) is 6.04 Å². The predicted octanol–water partition coefficient (Wildman–Crippen LogP) is 1.66. The molecule has 26 heavy (non-hydrogen) atoms. The highest BCUT2D eigenvalue weighted by Crippen LogP contribution is 2.26. The van der Waals surface area contributed by atoms with Gasteiger partial charge in [0.25, 0.3) is 0 Å². The van der Waals surface area contributed by atoms with Gasteiger partial charge in [-0.1, -0.05) is 19.8 Å². The molecule has 0 aromatic carbocycles. The Kier molecular flexibility index (Phi) is 7.29. The monoisotopic (exact) mass is 361 g/mol. The fourth-order valence-electron chi connectivity index (χ4n) is 4.20. The summed E-state index contributed by atoms with van der Waals surface area (Å²) in [4.78, 5) is 7.40. The van der Waals surface area contributed by atoms with Crippen molar-refractivity contribution in [3.05, 3.63) is 12.2 Å². The zero-order valence-corrected chi connectivity index (χ0v) is 16.5. The maximum Gasteiger partial charge on any atom is 0.191 e. The number of guanidine groups is 1. The van der Waals surface area contributed by atoms with Crippen LogP contribution in [0.5, 0.6) is 0 Å². The molecule has 1 aromatic rings. The summed E-state index contributed by atoms with van der Waals surface area (Å²) in [5.74, 6) is 2.90. The maximum absolute atomic E-state index is 4.76. The standard InChI is InChI=1S/C19H35N7/c1-3-18-24-22-15-26(18)12-10-21-19(20-4-2)23-17-9-11-25(14-17)13-16-7-5-6-8-16/h15-17H,3-14H2,1-2H3,(H2,20,21,23). The highest BCUT2D eigenvalue weighted by Gasteiger charge is 2.26. The Bertz CT molecular complexity index is 562. The maximum atomic E-state index is 4.76. The van der Waals surface area contributed by atoms with Crippen LogP contribution in [0.4, 0.5) is 0 Å². The molecular weight excluding hydrogens is 326 g/mol. The molecule has 2 aliphatic rings. The second-order valence-corrected chi connectivity index (χ2v) is 7.59. The van der Waals surface area contributed by atoms with E-state index in [-0.39, 0.29) is 0 Å². The van der Waals surface area contributed by atoms with E-state index in [9.17, 15) is 0 Å². The molecule has 3 rings (SSSR count). The summed E-state index contributed by atoms with van der Waals surface area (Å²) >= 11 is 0. The van der Waals surface area contributed by atoms with E-state index >= 15 is 0 Å². The van der Waals surface area contributed by atoms with Crippen molar-refractivity contribution in [3.8, 4) is 0 Å². The summed E-state index contributed by atoms with van der Waals surface area (Å²) in [7, 11) is 0. The van der Waals surface area contributed by atoms with Crippen LogP contribution in [0.1, 0.15) is 51.8 Å². The molecule has 1 aliphatic heterocycles. The van der Waals surface area contributed by atoms with E-state index in [4.69, 9.17) is 4.99 Å². The van der Waals surface area contributed by atoms with E-state index in [1.807, 2.05) is 0 Å². The number of nitrogens with zero attached hydrogens (tertiary/aromatic N) is 5. The minimum Gasteiger partial charge on any atom is -0.357 e. The Morgan fingerprint density at radius 2 is 2.12 bits per heavy atom. The van der Waals surface area contributed by atoms with Crippen molar-refractivity contribution in [2.75, 3.05) is 32.7 Å². The summed E-state index contributed by atoms with van der Waals surface area (Å²) in [6, 6.07) is 0.510. The normalized spacial score (nSPS) is 22.2. The second-order valence-electron chi connectivity index (χ2n) is 7.59. The average molecular weight is 362 g/mol. The number of rotatable bonds is 8. The van der Waals surface area contributed by atoms with Crippen LogP contribution in [-0.4, -0.2) is 64.4 Å². The quantitative estimate of drug-likeness (QED) is 0.544. The van der Waals surface area contributed by atoms with Crippen molar-refractivity contribution in [1.82, 2.24) is 30.3 Å². The van der Waals surface area contributed by atoms with Gasteiger partial charge in [0.15, 0.2) is 5.96 Å². The number of likely N-dealkylation sites (tertiary alicyclic amines) is 1. The lowest BCUT2D eigenvalue weighted by atomic mass is 10.1. The molecule has 1 unspecified atom stereocenters. The van der Waals surface area contributed by atoms with Crippen LogP contribution < -0.4 is 10.6 Å². The largest absolute Gasteiger partial charge is 0.357 e. The average Bonchev–Trinajstić information content (AvgIpc) is 3.38. The summed E-state index contributed by atoms with van der Waals surface area (Å²) in [5.41, 5.74) is 0. The van der Waals surface area contributed by atoms with Crippen LogP contribution >= 0.6 is 0 Å². The molecular formula is C19H35N7. The third kappa shape index (κ3) is 5.43. The van der Waals surface area contributed by atoms with Crippen molar-refractivity contribution in [3.63, 3.8) is 0 Å². The smallest absolute Gasteiger partial charge is 0.191 e. The Labute approximate surface area is 157 Å². The molecule has 0 spiro atoms. The van der Waals surface area contributed by atoms with Gasteiger partial charge >= 0.3 is 0 Å². The first-order chi connectivity index (χ1) is 12.8. The van der Waals surface area contributed by atoms with E-state index in [2.05, 4.69) is 44.1 Å². The van der Waals surface area contributed by atoms with Crippen LogP contribution in [0.2, 0.25) is 0 Å². The first kappa shape index (κ1) is 19.1. The van der Waals surface area contributed by atoms with Gasteiger partial charge in [0.2, 0.25) is 0 Å². The molecule has 0 amide bonds. The molecule has 0 radical (unpaired) electrons. The van der Waals surface area contributed by atoms with Crippen LogP contribution in [-0.2, 0) is 13.0 Å². The molecule has 1 aromatic heterocycles. The first-order valence-electron chi connectivity index (χ1n) is 10.4. The first-order valence-corrected chi connectivity index (χ1v) is 10.4. The molecule has 1 saturated heterocycles. The number of aromatic nitrogens is 3. The zero-order valence-electron chi connectivity index (χ0n) is 16.5. The van der Waals surface area contributed by atoms with E-state index in [0.717, 1.165) is 50.3 Å². The number of aryl methyl sites for hydroxylation is 1. The van der Waals surface area contributed by atoms with Crippen molar-refractivity contribution in [2.45, 2.75) is 65.0 Å². The molecule has 1 aliphatic carbocycles. The second kappa shape index (κ2) is 9.90. The molecule has 1 atom stereocenters. The summed E-state index contributed by atoms with van der Waals surface area (Å²) in [6.07, 6.45) is 9.65. The van der Waals surface area contributed by atoms with E-state index in [1.54, 1.807) is 6.33 Å². The van der Waals surface area contributed by atoms with Crippen molar-refractivity contribution in [2.24, 2.45) is 10.9 Å². The topological polar surface area (TPSA) is 70.4 Å². The number of hydrogen-bond donors (Lipinski definition) is 2. The molecule has 7 nitrogen and oxygen atoms in total. The molecule has 2 fully saturated rings. The molecule has 2 heterocycles. The predicted molar refractivity (Wildman–Crippen MR) is 105 cm³/mol. The van der Waals surface area contributed by atoms with Gasteiger partial charge in [-0.3, -0.25) is 4.99 Å². The van der Waals surface area contributed by atoms with Gasteiger partial charge in [-0.15, -0.1) is 10.2 Å². The Morgan fingerprint density at radius 3 is 2.88 bits per heavy atom. The third-order valence-electron chi connectivity index (χ3n) is 5.57. The van der Waals surface area contributed by atoms with Gasteiger partial charge in [-0.05, 0) is 32.1 Å². The fourth-order valence-corrected chi connectivity index (χ4v) is 4.20. The van der Waals surface area contributed by atoms with Gasteiger partial charge in [-0.2, -0.15) is 0 Å². The Hall–Kier alpha value is -1.63. The summed E-state index contributed by atoms with van der Waals surface area (Å²) < 4.78 is 2.09. The van der Waals surface area contributed by atoms with E-state index < -0.39 is 0 Å². The third-order valence-corrected chi connectivity index (χ3v) is 5.57. The molecule has 2 N–H and O–H groups in total. The minimum atomic E-state index is 0.510. The van der Waals surface area contributed by atoms with Gasteiger partial charge < -0.3 is 20.1 Å². The Morgan fingerprint density at radius 1 is 1.27 bits per heavy atom. The molecule has 146 valence electrons. The van der Waals surface area contributed by atoms with Crippen molar-refractivity contribution < 1.29 is 0 Å². The zero-order chi connectivity index (χ0) is 18.2. The molecule has 0 bridgehead atoms. The van der Waals surface area contributed by atoms with Crippen LogP contribution in [0, 0.1) is 5.92 Å². The lowest BCUT2D eigenvalue weighted by Crippen LogP contribution is -2.45. The van der Waals surface area contributed by atoms with Crippen LogP contribution in [0.25, 0.3) is 0 Å². The van der Waals surface area contributed by atoms with Crippen molar-refractivity contribution >= 4 is 5.96 Å². The number of hydrogen-bond acceptors (Lipinski definition) is 4. The Balaban J connectivity index is 1.45. The molecule has 7 heteroatoms. The SMILES string of the molecule is CCNC(=NCCn1cnnc1CC)NC1CCN(CC2CCCC2)C1. The lowest BCUT2D eigenvalue weighted by Gasteiger charge is -2.21. The van der Waals surface area contributed by atoms with Gasteiger partial charge in [0.05, 0.1) is 6.54 Å². The van der Waals surface area contributed by atoms with Gasteiger partial charge in [0.1, 0.15) is 12.2 Å². The summed E-state index contributed by atoms with van der Waals surface area (Å²) in [6.45, 7) is 10.3. The van der Waals surface area contributed by atoms with Crippen LogP contribution in [0.3, 0.4) is 0 Å². The minimum absolute atomic E-state index is 0.510. The number of nitrogens with one attached hydrogen (secondary N) is 2. The fraction of sp³-hybridized carbons (Fsp3) is 0.842. The highest BCUT2D eigenvalue weighted by atomic mass is 15.3. The van der Waals surface area contributed by atoms with Gasteiger partial charge in [0, 0.05) is 45.2 Å².